The second-order valence-electron chi connectivity index (χ2n) is 6.45. The van der Waals surface area contributed by atoms with E-state index in [1.807, 2.05) is 42.7 Å². The molecule has 0 amide bonds. The molecule has 0 aliphatic heterocycles. The number of H-pyrrole nitrogens is 1. The van der Waals surface area contributed by atoms with Crippen LogP contribution in [0.5, 0.6) is 0 Å². The number of aromatic nitrogens is 5. The first-order chi connectivity index (χ1) is 12.7. The number of nitrogens with zero attached hydrogens (tertiary/aromatic N) is 4. The van der Waals surface area contributed by atoms with Gasteiger partial charge in [0.1, 0.15) is 17.8 Å². The standard InChI is InChI=1S/C20H20N6/c1-13(2)17-11-21-12-25-19(17)16-9-18(26-20-15(16)6-8-23-20)24-10-14-5-3-4-7-22-14/h3-9,11-13H,10H2,1-2H3,(H2,23,24,26). The lowest BCUT2D eigenvalue weighted by molar-refractivity contribution is 0.849. The SMILES string of the molecule is CC(C)c1cncnc1-c1cc(NCc2ccccn2)nc2[nH]ccc12. The van der Waals surface area contributed by atoms with Gasteiger partial charge in [-0.15, -0.1) is 0 Å². The van der Waals surface area contributed by atoms with Crippen molar-refractivity contribution >= 4 is 16.9 Å². The minimum atomic E-state index is 0.332. The number of aromatic amines is 1. The van der Waals surface area contributed by atoms with Crippen LogP contribution >= 0.6 is 0 Å². The van der Waals surface area contributed by atoms with Gasteiger partial charge in [-0.05, 0) is 35.7 Å². The van der Waals surface area contributed by atoms with E-state index in [-0.39, 0.29) is 0 Å². The van der Waals surface area contributed by atoms with Gasteiger partial charge in [0.2, 0.25) is 0 Å². The van der Waals surface area contributed by atoms with Crippen LogP contribution in [0.2, 0.25) is 0 Å². The maximum absolute atomic E-state index is 4.67. The molecule has 0 saturated carbocycles. The minimum Gasteiger partial charge on any atom is -0.364 e. The molecule has 0 spiro atoms. The molecule has 4 rings (SSSR count). The van der Waals surface area contributed by atoms with Crippen LogP contribution in [0.1, 0.15) is 31.0 Å². The monoisotopic (exact) mass is 344 g/mol. The third kappa shape index (κ3) is 3.13. The highest BCUT2D eigenvalue weighted by atomic mass is 15.0. The van der Waals surface area contributed by atoms with Gasteiger partial charge in [-0.2, -0.15) is 0 Å². The Balaban J connectivity index is 1.76. The van der Waals surface area contributed by atoms with Gasteiger partial charge in [0.25, 0.3) is 0 Å². The molecule has 0 aliphatic rings. The molecule has 0 aromatic carbocycles. The van der Waals surface area contributed by atoms with Crippen molar-refractivity contribution in [1.82, 2.24) is 24.9 Å². The van der Waals surface area contributed by atoms with Crippen molar-refractivity contribution in [2.75, 3.05) is 5.32 Å². The maximum atomic E-state index is 4.67. The predicted octanol–water partition coefficient (Wildman–Crippen LogP) is 4.15. The summed E-state index contributed by atoms with van der Waals surface area (Å²) in [5.74, 6) is 1.12. The number of hydrogen-bond acceptors (Lipinski definition) is 5. The van der Waals surface area contributed by atoms with Gasteiger partial charge in [-0.25, -0.2) is 15.0 Å². The van der Waals surface area contributed by atoms with Gasteiger partial charge in [0, 0.05) is 29.5 Å². The molecular weight excluding hydrogens is 324 g/mol. The summed E-state index contributed by atoms with van der Waals surface area (Å²) in [6.07, 6.45) is 7.19. The van der Waals surface area contributed by atoms with Crippen molar-refractivity contribution in [3.63, 3.8) is 0 Å². The zero-order chi connectivity index (χ0) is 17.9. The molecule has 0 saturated heterocycles. The van der Waals surface area contributed by atoms with Crippen molar-refractivity contribution in [3.8, 4) is 11.3 Å². The Labute approximate surface area is 151 Å². The number of hydrogen-bond donors (Lipinski definition) is 2. The first-order valence-corrected chi connectivity index (χ1v) is 8.64. The highest BCUT2D eigenvalue weighted by Crippen LogP contribution is 2.33. The molecule has 4 heterocycles. The maximum Gasteiger partial charge on any atom is 0.140 e. The highest BCUT2D eigenvalue weighted by molar-refractivity contribution is 5.94. The van der Waals surface area contributed by atoms with E-state index in [0.717, 1.165) is 39.4 Å². The summed E-state index contributed by atoms with van der Waals surface area (Å²) in [6.45, 7) is 4.91. The Hall–Kier alpha value is -3.28. The smallest absolute Gasteiger partial charge is 0.140 e. The summed E-state index contributed by atoms with van der Waals surface area (Å²) < 4.78 is 0. The zero-order valence-corrected chi connectivity index (χ0v) is 14.8. The fourth-order valence-electron chi connectivity index (χ4n) is 3.00. The first-order valence-electron chi connectivity index (χ1n) is 8.64. The minimum absolute atomic E-state index is 0.332. The second-order valence-corrected chi connectivity index (χ2v) is 6.45. The van der Waals surface area contributed by atoms with E-state index in [9.17, 15) is 0 Å². The number of anilines is 1. The molecular formula is C20H20N6. The van der Waals surface area contributed by atoms with Crippen molar-refractivity contribution in [2.24, 2.45) is 0 Å². The van der Waals surface area contributed by atoms with Gasteiger partial charge >= 0.3 is 0 Å². The van der Waals surface area contributed by atoms with Gasteiger partial charge in [-0.1, -0.05) is 19.9 Å². The van der Waals surface area contributed by atoms with Gasteiger partial charge in [0.15, 0.2) is 0 Å². The first kappa shape index (κ1) is 16.2. The van der Waals surface area contributed by atoms with Gasteiger partial charge in [0.05, 0.1) is 17.9 Å². The van der Waals surface area contributed by atoms with E-state index < -0.39 is 0 Å². The molecule has 0 fully saturated rings. The summed E-state index contributed by atoms with van der Waals surface area (Å²) in [5, 5.41) is 4.41. The third-order valence-corrected chi connectivity index (χ3v) is 4.32. The average Bonchev–Trinajstić information content (AvgIpc) is 3.15. The van der Waals surface area contributed by atoms with E-state index in [2.05, 4.69) is 44.1 Å². The molecule has 6 heteroatoms. The predicted molar refractivity (Wildman–Crippen MR) is 103 cm³/mol. The molecule has 26 heavy (non-hydrogen) atoms. The summed E-state index contributed by atoms with van der Waals surface area (Å²) in [6, 6.07) is 9.96. The molecule has 0 atom stereocenters. The summed E-state index contributed by atoms with van der Waals surface area (Å²) in [4.78, 5) is 21.0. The molecule has 6 nitrogen and oxygen atoms in total. The fraction of sp³-hybridized carbons (Fsp3) is 0.200. The highest BCUT2D eigenvalue weighted by Gasteiger charge is 2.15. The molecule has 2 N–H and O–H groups in total. The van der Waals surface area contributed by atoms with Crippen molar-refractivity contribution in [2.45, 2.75) is 26.3 Å². The van der Waals surface area contributed by atoms with Crippen LogP contribution in [0.15, 0.2) is 55.2 Å². The average molecular weight is 344 g/mol. The Bertz CT molecular complexity index is 1020. The van der Waals surface area contributed by atoms with Crippen molar-refractivity contribution < 1.29 is 0 Å². The summed E-state index contributed by atoms with van der Waals surface area (Å²) in [7, 11) is 0. The van der Waals surface area contributed by atoms with Gasteiger partial charge in [-0.3, -0.25) is 4.98 Å². The Kier molecular flexibility index (Phi) is 4.31. The van der Waals surface area contributed by atoms with Crippen LogP contribution in [0.25, 0.3) is 22.3 Å². The van der Waals surface area contributed by atoms with Crippen LogP contribution in [0, 0.1) is 0 Å². The van der Waals surface area contributed by atoms with Crippen LogP contribution in [0.3, 0.4) is 0 Å². The van der Waals surface area contributed by atoms with Crippen molar-refractivity contribution in [3.05, 3.63) is 66.5 Å². The number of rotatable bonds is 5. The lowest BCUT2D eigenvalue weighted by Gasteiger charge is -2.13. The molecule has 0 radical (unpaired) electrons. The lowest BCUT2D eigenvalue weighted by Crippen LogP contribution is -2.04. The van der Waals surface area contributed by atoms with E-state index in [1.165, 1.54) is 0 Å². The molecule has 0 bridgehead atoms. The van der Waals surface area contributed by atoms with E-state index in [0.29, 0.717) is 12.5 Å². The molecule has 130 valence electrons. The summed E-state index contributed by atoms with van der Waals surface area (Å²) in [5.41, 5.74) is 4.91. The molecule has 0 aliphatic carbocycles. The van der Waals surface area contributed by atoms with Gasteiger partial charge < -0.3 is 10.3 Å². The Morgan fingerprint density at radius 1 is 1.15 bits per heavy atom. The van der Waals surface area contributed by atoms with E-state index >= 15 is 0 Å². The largest absolute Gasteiger partial charge is 0.364 e. The number of fused-ring (bicyclic) bond motifs is 1. The Morgan fingerprint density at radius 3 is 2.88 bits per heavy atom. The van der Waals surface area contributed by atoms with Crippen LogP contribution in [0.4, 0.5) is 5.82 Å². The van der Waals surface area contributed by atoms with Crippen LogP contribution < -0.4 is 5.32 Å². The summed E-state index contributed by atoms with van der Waals surface area (Å²) >= 11 is 0. The number of pyridine rings is 2. The topological polar surface area (TPSA) is 79.4 Å². The molecule has 0 unspecified atom stereocenters. The van der Waals surface area contributed by atoms with Crippen LogP contribution in [-0.4, -0.2) is 24.9 Å². The quantitative estimate of drug-likeness (QED) is 0.568. The molecule has 4 aromatic heterocycles. The normalized spacial score (nSPS) is 11.2. The van der Waals surface area contributed by atoms with E-state index in [4.69, 9.17) is 0 Å². The lowest BCUT2D eigenvalue weighted by atomic mass is 9.97. The third-order valence-electron chi connectivity index (χ3n) is 4.32. The molecule has 4 aromatic rings. The second kappa shape index (κ2) is 6.92. The van der Waals surface area contributed by atoms with Crippen molar-refractivity contribution in [1.29, 1.82) is 0 Å². The Morgan fingerprint density at radius 2 is 2.08 bits per heavy atom. The fourth-order valence-corrected chi connectivity index (χ4v) is 3.00. The number of nitrogens with one attached hydrogen (secondary N) is 2. The zero-order valence-electron chi connectivity index (χ0n) is 14.8. The van der Waals surface area contributed by atoms with E-state index in [1.54, 1.807) is 12.5 Å². The van der Waals surface area contributed by atoms with Crippen LogP contribution in [-0.2, 0) is 6.54 Å².